The Labute approximate surface area is 187 Å². The number of para-hydroxylation sites is 1. The van der Waals surface area contributed by atoms with Crippen LogP contribution in [-0.2, 0) is 12.8 Å². The lowest BCUT2D eigenvalue weighted by molar-refractivity contribution is 0.105. The van der Waals surface area contributed by atoms with E-state index < -0.39 is 0 Å². The molecule has 3 aromatic rings. The first-order chi connectivity index (χ1) is 14.9. The number of allylic oxidation sites excluding steroid dienone is 3. The summed E-state index contributed by atoms with van der Waals surface area (Å²) < 4.78 is 0. The summed E-state index contributed by atoms with van der Waals surface area (Å²) in [5, 5.41) is 22.3. The Morgan fingerprint density at radius 1 is 0.839 bits per heavy atom. The summed E-state index contributed by atoms with van der Waals surface area (Å²) in [6, 6.07) is 15.3. The topological polar surface area (TPSA) is 57.5 Å². The van der Waals surface area contributed by atoms with Crippen molar-refractivity contribution in [3.63, 3.8) is 0 Å². The molecule has 0 unspecified atom stereocenters. The minimum atomic E-state index is -0.379. The fraction of sp³-hybridized carbons (Fsp3) is 0.0741. The van der Waals surface area contributed by atoms with E-state index in [2.05, 4.69) is 19.7 Å². The Morgan fingerprint density at radius 2 is 1.48 bits per heavy atom. The summed E-state index contributed by atoms with van der Waals surface area (Å²) in [5.74, 6) is -0.449. The lowest BCUT2D eigenvalue weighted by atomic mass is 9.90. The maximum absolute atomic E-state index is 12.9. The van der Waals surface area contributed by atoms with Crippen LogP contribution in [0.3, 0.4) is 0 Å². The number of carbonyl (C=O) groups excluding carboxylic acids is 1. The molecule has 3 nitrogen and oxygen atoms in total. The molecule has 3 aromatic carbocycles. The van der Waals surface area contributed by atoms with Gasteiger partial charge < -0.3 is 10.2 Å². The highest BCUT2D eigenvalue weighted by atomic mass is 35.5. The number of carbonyl (C=O) groups is 1. The SMILES string of the molecule is C=CCc1ccc(-c2cccc(C(=C)C(=O)c3ccccc3Cl)c2O)c(O)c1CC=C. The highest BCUT2D eigenvalue weighted by molar-refractivity contribution is 6.39. The van der Waals surface area contributed by atoms with Gasteiger partial charge in [-0.25, -0.2) is 0 Å². The lowest BCUT2D eigenvalue weighted by Crippen LogP contribution is -2.03. The number of halogens is 1. The molecule has 0 aromatic heterocycles. The molecule has 0 heterocycles. The third kappa shape index (κ3) is 4.32. The van der Waals surface area contributed by atoms with E-state index in [4.69, 9.17) is 11.6 Å². The number of ketones is 1. The Bertz CT molecular complexity index is 1190. The van der Waals surface area contributed by atoms with Crippen LogP contribution >= 0.6 is 11.6 Å². The van der Waals surface area contributed by atoms with Gasteiger partial charge in [0.05, 0.1) is 5.02 Å². The molecule has 156 valence electrons. The van der Waals surface area contributed by atoms with E-state index in [0.29, 0.717) is 34.6 Å². The zero-order chi connectivity index (χ0) is 22.5. The van der Waals surface area contributed by atoms with Crippen molar-refractivity contribution in [3.8, 4) is 22.6 Å². The third-order valence-corrected chi connectivity index (χ3v) is 5.47. The van der Waals surface area contributed by atoms with Gasteiger partial charge in [0.15, 0.2) is 5.78 Å². The average Bonchev–Trinajstić information content (AvgIpc) is 2.76. The summed E-state index contributed by atoms with van der Waals surface area (Å²) in [7, 11) is 0. The molecule has 31 heavy (non-hydrogen) atoms. The van der Waals surface area contributed by atoms with Gasteiger partial charge in [0.25, 0.3) is 0 Å². The van der Waals surface area contributed by atoms with Crippen molar-refractivity contribution in [3.05, 3.63) is 114 Å². The van der Waals surface area contributed by atoms with Crippen molar-refractivity contribution in [1.29, 1.82) is 0 Å². The Kier molecular flexibility index (Phi) is 6.78. The fourth-order valence-electron chi connectivity index (χ4n) is 3.55. The molecule has 0 atom stereocenters. The fourth-order valence-corrected chi connectivity index (χ4v) is 3.77. The molecule has 0 saturated heterocycles. The minimum absolute atomic E-state index is 0.0646. The number of phenols is 2. The normalized spacial score (nSPS) is 10.5. The van der Waals surface area contributed by atoms with Gasteiger partial charge in [-0.2, -0.15) is 0 Å². The molecular formula is C27H23ClO3. The van der Waals surface area contributed by atoms with E-state index in [0.717, 1.165) is 11.1 Å². The van der Waals surface area contributed by atoms with Crippen LogP contribution < -0.4 is 0 Å². The highest BCUT2D eigenvalue weighted by Gasteiger charge is 2.21. The van der Waals surface area contributed by atoms with Crippen molar-refractivity contribution in [2.45, 2.75) is 12.8 Å². The predicted molar refractivity (Wildman–Crippen MR) is 128 cm³/mol. The van der Waals surface area contributed by atoms with Gasteiger partial charge in [0.1, 0.15) is 11.5 Å². The Morgan fingerprint density at radius 3 is 2.16 bits per heavy atom. The second kappa shape index (κ2) is 9.50. The third-order valence-electron chi connectivity index (χ3n) is 5.14. The number of benzene rings is 3. The van der Waals surface area contributed by atoms with Crippen molar-refractivity contribution in [2.75, 3.05) is 0 Å². The van der Waals surface area contributed by atoms with Gasteiger partial charge in [0, 0.05) is 33.4 Å². The van der Waals surface area contributed by atoms with Crippen LogP contribution in [0.25, 0.3) is 16.7 Å². The second-order valence-corrected chi connectivity index (χ2v) is 7.48. The van der Waals surface area contributed by atoms with E-state index in [1.165, 1.54) is 0 Å². The largest absolute Gasteiger partial charge is 0.507 e. The van der Waals surface area contributed by atoms with Gasteiger partial charge in [-0.3, -0.25) is 4.79 Å². The summed E-state index contributed by atoms with van der Waals surface area (Å²) in [6.07, 6.45) is 4.56. The molecule has 0 saturated carbocycles. The Balaban J connectivity index is 2.09. The molecule has 2 N–H and O–H groups in total. The number of rotatable bonds is 8. The van der Waals surface area contributed by atoms with Crippen LogP contribution in [-0.4, -0.2) is 16.0 Å². The molecule has 0 aliphatic heterocycles. The van der Waals surface area contributed by atoms with Gasteiger partial charge >= 0.3 is 0 Å². The van der Waals surface area contributed by atoms with Crippen LogP contribution in [0, 0.1) is 0 Å². The number of aromatic hydroxyl groups is 2. The summed E-state index contributed by atoms with van der Waals surface area (Å²) in [5.41, 5.74) is 3.22. The van der Waals surface area contributed by atoms with Crippen molar-refractivity contribution >= 4 is 23.0 Å². The first kappa shape index (κ1) is 22.1. The molecule has 4 heteroatoms. The highest BCUT2D eigenvalue weighted by Crippen LogP contribution is 2.42. The predicted octanol–water partition coefficient (Wildman–Crippen LogP) is 6.77. The number of Topliss-reactive ketones (excluding diaryl/α,β-unsaturated/α-hetero) is 1. The standard InChI is InChI=1S/C27H23ClO3/c1-4-9-18-15-16-22(27(31)20(18)10-5-2)21-13-8-12-19(26(21)30)17(3)25(29)23-11-6-7-14-24(23)28/h4-8,11-16,30-31H,1-3,9-10H2. The van der Waals surface area contributed by atoms with Crippen LogP contribution in [0.4, 0.5) is 0 Å². The van der Waals surface area contributed by atoms with Crippen LogP contribution in [0.5, 0.6) is 11.5 Å². The summed E-state index contributed by atoms with van der Waals surface area (Å²) in [6.45, 7) is 11.4. The van der Waals surface area contributed by atoms with E-state index in [-0.39, 0.29) is 28.4 Å². The minimum Gasteiger partial charge on any atom is -0.507 e. The van der Waals surface area contributed by atoms with Crippen LogP contribution in [0.15, 0.2) is 86.5 Å². The summed E-state index contributed by atoms with van der Waals surface area (Å²) in [4.78, 5) is 12.9. The molecule has 0 aliphatic carbocycles. The Hall–Kier alpha value is -3.56. The van der Waals surface area contributed by atoms with E-state index in [9.17, 15) is 15.0 Å². The first-order valence-corrected chi connectivity index (χ1v) is 10.1. The van der Waals surface area contributed by atoms with Gasteiger partial charge in [0.2, 0.25) is 0 Å². The zero-order valence-corrected chi connectivity index (χ0v) is 17.8. The monoisotopic (exact) mass is 430 g/mol. The van der Waals surface area contributed by atoms with Crippen molar-refractivity contribution in [2.24, 2.45) is 0 Å². The second-order valence-electron chi connectivity index (χ2n) is 7.07. The van der Waals surface area contributed by atoms with Crippen LogP contribution in [0.2, 0.25) is 5.02 Å². The molecule has 0 radical (unpaired) electrons. The van der Waals surface area contributed by atoms with E-state index >= 15 is 0 Å². The van der Waals surface area contributed by atoms with Gasteiger partial charge in [-0.1, -0.05) is 72.8 Å². The van der Waals surface area contributed by atoms with Crippen molar-refractivity contribution < 1.29 is 15.0 Å². The van der Waals surface area contributed by atoms with E-state index in [1.54, 1.807) is 60.7 Å². The van der Waals surface area contributed by atoms with Crippen LogP contribution in [0.1, 0.15) is 27.0 Å². The zero-order valence-electron chi connectivity index (χ0n) is 17.1. The smallest absolute Gasteiger partial charge is 0.194 e. The number of hydrogen-bond acceptors (Lipinski definition) is 3. The van der Waals surface area contributed by atoms with E-state index in [1.807, 2.05) is 6.07 Å². The van der Waals surface area contributed by atoms with Gasteiger partial charge in [-0.15, -0.1) is 13.2 Å². The van der Waals surface area contributed by atoms with Crippen molar-refractivity contribution in [1.82, 2.24) is 0 Å². The molecule has 0 fully saturated rings. The molecular weight excluding hydrogens is 408 g/mol. The molecule has 0 amide bonds. The molecule has 0 bridgehead atoms. The average molecular weight is 431 g/mol. The lowest BCUT2D eigenvalue weighted by Gasteiger charge is -2.16. The summed E-state index contributed by atoms with van der Waals surface area (Å²) >= 11 is 6.15. The first-order valence-electron chi connectivity index (χ1n) is 9.77. The molecule has 0 aliphatic rings. The number of hydrogen-bond donors (Lipinski definition) is 2. The quantitative estimate of drug-likeness (QED) is 0.235. The molecule has 0 spiro atoms. The maximum atomic E-state index is 12.9. The van der Waals surface area contributed by atoms with Gasteiger partial charge in [-0.05, 0) is 30.5 Å². The maximum Gasteiger partial charge on any atom is 0.194 e. The number of phenolic OH excluding ortho intramolecular Hbond substituents is 2. The molecule has 3 rings (SSSR count).